The van der Waals surface area contributed by atoms with Gasteiger partial charge in [-0.25, -0.2) is 9.59 Å². The van der Waals surface area contributed by atoms with Gasteiger partial charge in [0.15, 0.2) is 0 Å². The molecule has 0 heterocycles. The molecular weight excluding hydrogens is 248 g/mol. The van der Waals surface area contributed by atoms with E-state index in [0.29, 0.717) is 5.75 Å². The van der Waals surface area contributed by atoms with E-state index in [9.17, 15) is 9.59 Å². The Balaban J connectivity index is 2.92. The first-order chi connectivity index (χ1) is 8.97. The van der Waals surface area contributed by atoms with Crippen LogP contribution in [0.3, 0.4) is 0 Å². The molecule has 6 nitrogen and oxygen atoms in total. The van der Waals surface area contributed by atoms with Crippen LogP contribution in [-0.4, -0.2) is 30.3 Å². The maximum Gasteiger partial charge on any atom is 0.335 e. The van der Waals surface area contributed by atoms with Crippen molar-refractivity contribution in [3.8, 4) is 18.1 Å². The largest absolute Gasteiger partial charge is 0.495 e. The molecule has 100 valence electrons. The summed E-state index contributed by atoms with van der Waals surface area (Å²) in [6.45, 7) is 1.64. The molecule has 1 atom stereocenters. The molecule has 0 saturated heterocycles. The first-order valence-electron chi connectivity index (χ1n) is 5.43. The number of ether oxygens (including phenoxy) is 1. The molecule has 1 rings (SSSR count). The molecule has 19 heavy (non-hydrogen) atoms. The van der Waals surface area contributed by atoms with Crippen molar-refractivity contribution in [2.75, 3.05) is 12.4 Å². The fourth-order valence-corrected chi connectivity index (χ4v) is 1.34. The number of aromatic carboxylic acids is 1. The van der Waals surface area contributed by atoms with Crippen LogP contribution in [0.2, 0.25) is 0 Å². The molecule has 0 aliphatic rings. The van der Waals surface area contributed by atoms with E-state index in [4.69, 9.17) is 16.3 Å². The van der Waals surface area contributed by atoms with Gasteiger partial charge in [0, 0.05) is 0 Å². The number of hydrogen-bond donors (Lipinski definition) is 3. The highest BCUT2D eigenvalue weighted by molar-refractivity contribution is 5.95. The molecule has 0 aromatic heterocycles. The zero-order chi connectivity index (χ0) is 14.4. The lowest BCUT2D eigenvalue weighted by molar-refractivity contribution is 0.0697. The average Bonchev–Trinajstić information content (AvgIpc) is 2.38. The Morgan fingerprint density at radius 2 is 2.16 bits per heavy atom. The molecule has 1 aromatic rings. The summed E-state index contributed by atoms with van der Waals surface area (Å²) in [7, 11) is 1.42. The van der Waals surface area contributed by atoms with Gasteiger partial charge in [0.05, 0.1) is 24.4 Å². The van der Waals surface area contributed by atoms with Gasteiger partial charge in [-0.3, -0.25) is 0 Å². The summed E-state index contributed by atoms with van der Waals surface area (Å²) in [5.41, 5.74) is 0.296. The van der Waals surface area contributed by atoms with Crippen LogP contribution in [0.15, 0.2) is 18.2 Å². The van der Waals surface area contributed by atoms with Crippen LogP contribution in [0.5, 0.6) is 5.75 Å². The van der Waals surface area contributed by atoms with Gasteiger partial charge < -0.3 is 20.5 Å². The van der Waals surface area contributed by atoms with Crippen molar-refractivity contribution >= 4 is 17.7 Å². The molecular formula is C13H14N2O4. The van der Waals surface area contributed by atoms with E-state index < -0.39 is 18.0 Å². The van der Waals surface area contributed by atoms with Crippen molar-refractivity contribution < 1.29 is 19.4 Å². The number of nitrogens with one attached hydrogen (secondary N) is 2. The molecule has 0 radical (unpaired) electrons. The van der Waals surface area contributed by atoms with Gasteiger partial charge >= 0.3 is 12.0 Å². The van der Waals surface area contributed by atoms with Crippen LogP contribution in [0.25, 0.3) is 0 Å². The van der Waals surface area contributed by atoms with Crippen molar-refractivity contribution in [3.63, 3.8) is 0 Å². The number of amides is 2. The number of terminal acetylenes is 1. The van der Waals surface area contributed by atoms with Crippen LogP contribution in [-0.2, 0) is 0 Å². The van der Waals surface area contributed by atoms with Gasteiger partial charge in [-0.15, -0.1) is 6.42 Å². The van der Waals surface area contributed by atoms with Crippen LogP contribution in [0, 0.1) is 12.3 Å². The third-order valence-electron chi connectivity index (χ3n) is 2.29. The van der Waals surface area contributed by atoms with E-state index in [1.807, 2.05) is 0 Å². The first kappa shape index (κ1) is 14.4. The van der Waals surface area contributed by atoms with Gasteiger partial charge in [0.25, 0.3) is 0 Å². The second-order valence-electron chi connectivity index (χ2n) is 3.71. The minimum atomic E-state index is -1.09. The first-order valence-corrected chi connectivity index (χ1v) is 5.43. The predicted molar refractivity (Wildman–Crippen MR) is 70.4 cm³/mol. The molecule has 0 spiro atoms. The van der Waals surface area contributed by atoms with Crippen molar-refractivity contribution in [1.29, 1.82) is 0 Å². The normalized spacial score (nSPS) is 11.0. The highest BCUT2D eigenvalue weighted by Crippen LogP contribution is 2.25. The molecule has 0 saturated carbocycles. The Hall–Kier alpha value is -2.68. The van der Waals surface area contributed by atoms with Crippen molar-refractivity contribution in [3.05, 3.63) is 23.8 Å². The second-order valence-corrected chi connectivity index (χ2v) is 3.71. The predicted octanol–water partition coefficient (Wildman–Crippen LogP) is 1.54. The quantitative estimate of drug-likeness (QED) is 0.718. The Morgan fingerprint density at radius 1 is 1.47 bits per heavy atom. The zero-order valence-corrected chi connectivity index (χ0v) is 10.6. The molecule has 0 fully saturated rings. The van der Waals surface area contributed by atoms with E-state index in [-0.39, 0.29) is 11.3 Å². The monoisotopic (exact) mass is 262 g/mol. The fourth-order valence-electron chi connectivity index (χ4n) is 1.34. The Morgan fingerprint density at radius 3 is 2.68 bits per heavy atom. The summed E-state index contributed by atoms with van der Waals surface area (Å²) in [6, 6.07) is 3.18. The maximum atomic E-state index is 11.6. The van der Waals surface area contributed by atoms with Gasteiger partial charge in [0.2, 0.25) is 0 Å². The van der Waals surface area contributed by atoms with E-state index in [0.717, 1.165) is 0 Å². The van der Waals surface area contributed by atoms with Gasteiger partial charge in [-0.05, 0) is 25.1 Å². The van der Waals surface area contributed by atoms with Crippen molar-refractivity contribution in [1.82, 2.24) is 5.32 Å². The van der Waals surface area contributed by atoms with Crippen LogP contribution < -0.4 is 15.4 Å². The summed E-state index contributed by atoms with van der Waals surface area (Å²) in [5, 5.41) is 13.9. The molecule has 6 heteroatoms. The third-order valence-corrected chi connectivity index (χ3v) is 2.29. The number of carboxylic acid groups (broad SMARTS) is 1. The number of urea groups is 1. The molecule has 0 aliphatic heterocycles. The van der Waals surface area contributed by atoms with E-state index >= 15 is 0 Å². The molecule has 1 aromatic carbocycles. The number of benzene rings is 1. The summed E-state index contributed by atoms with van der Waals surface area (Å²) >= 11 is 0. The Labute approximate surface area is 110 Å². The minimum absolute atomic E-state index is 0.0427. The van der Waals surface area contributed by atoms with E-state index in [1.54, 1.807) is 6.92 Å². The number of carbonyl (C=O) groups is 2. The van der Waals surface area contributed by atoms with Crippen molar-refractivity contribution in [2.24, 2.45) is 0 Å². The standard InChI is InChI=1S/C13H14N2O4/c1-4-8(2)14-13(18)15-10-7-9(12(16)17)5-6-11(10)19-3/h1,5-8H,2-3H3,(H,16,17)(H2,14,15,18). The fraction of sp³-hybridized carbons (Fsp3) is 0.231. The molecule has 3 N–H and O–H groups in total. The number of rotatable bonds is 4. The van der Waals surface area contributed by atoms with Gasteiger partial charge in [-0.1, -0.05) is 5.92 Å². The van der Waals surface area contributed by atoms with E-state index in [2.05, 4.69) is 16.6 Å². The van der Waals surface area contributed by atoms with Crippen LogP contribution in [0.4, 0.5) is 10.5 Å². The Kier molecular flexibility index (Phi) is 4.77. The molecule has 2 amide bonds. The van der Waals surface area contributed by atoms with Gasteiger partial charge in [0.1, 0.15) is 5.75 Å². The number of anilines is 1. The second kappa shape index (κ2) is 6.31. The maximum absolute atomic E-state index is 11.6. The van der Waals surface area contributed by atoms with E-state index in [1.165, 1.54) is 25.3 Å². The minimum Gasteiger partial charge on any atom is -0.495 e. The van der Waals surface area contributed by atoms with Gasteiger partial charge in [-0.2, -0.15) is 0 Å². The van der Waals surface area contributed by atoms with Crippen LogP contribution >= 0.6 is 0 Å². The SMILES string of the molecule is C#CC(C)NC(=O)Nc1cc(C(=O)O)ccc1OC. The lowest BCUT2D eigenvalue weighted by Gasteiger charge is -2.13. The highest BCUT2D eigenvalue weighted by Gasteiger charge is 2.12. The summed E-state index contributed by atoms with van der Waals surface area (Å²) in [6.07, 6.45) is 5.14. The number of methoxy groups -OCH3 is 1. The zero-order valence-electron chi connectivity index (χ0n) is 10.6. The molecule has 0 bridgehead atoms. The average molecular weight is 262 g/mol. The number of hydrogen-bond acceptors (Lipinski definition) is 3. The number of carbonyl (C=O) groups excluding carboxylic acids is 1. The smallest absolute Gasteiger partial charge is 0.335 e. The summed E-state index contributed by atoms with van der Waals surface area (Å²) in [5.74, 6) is 1.60. The highest BCUT2D eigenvalue weighted by atomic mass is 16.5. The third kappa shape index (κ3) is 3.92. The van der Waals surface area contributed by atoms with Crippen LogP contribution in [0.1, 0.15) is 17.3 Å². The summed E-state index contributed by atoms with van der Waals surface area (Å²) in [4.78, 5) is 22.5. The topological polar surface area (TPSA) is 87.7 Å². The van der Waals surface area contributed by atoms with Crippen molar-refractivity contribution in [2.45, 2.75) is 13.0 Å². The molecule has 0 aliphatic carbocycles. The lowest BCUT2D eigenvalue weighted by atomic mass is 10.2. The molecule has 1 unspecified atom stereocenters. The number of carboxylic acids is 1. The Bertz CT molecular complexity index is 534. The summed E-state index contributed by atoms with van der Waals surface area (Å²) < 4.78 is 5.04. The lowest BCUT2D eigenvalue weighted by Crippen LogP contribution is -2.35.